The van der Waals surface area contributed by atoms with E-state index in [0.717, 1.165) is 40.6 Å². The van der Waals surface area contributed by atoms with E-state index in [0.29, 0.717) is 5.92 Å². The Balaban J connectivity index is 1.54. The molecule has 0 N–H and O–H groups in total. The lowest BCUT2D eigenvalue weighted by atomic mass is 9.98. The lowest BCUT2D eigenvalue weighted by Crippen LogP contribution is -2.33. The second kappa shape index (κ2) is 8.97. The smallest absolute Gasteiger partial charge is 0.118 e. The summed E-state index contributed by atoms with van der Waals surface area (Å²) in [6.07, 6.45) is 8.69. The van der Waals surface area contributed by atoms with Crippen LogP contribution in [0.2, 0.25) is 5.02 Å². The molecule has 3 heterocycles. The molecular weight excluding hydrogens is 418 g/mol. The van der Waals surface area contributed by atoms with E-state index < -0.39 is 0 Å². The van der Waals surface area contributed by atoms with Gasteiger partial charge in [0.1, 0.15) is 5.75 Å². The number of benzene rings is 2. The van der Waals surface area contributed by atoms with Crippen molar-refractivity contribution < 1.29 is 4.74 Å². The fourth-order valence-electron chi connectivity index (χ4n) is 4.88. The molecule has 0 amide bonds. The highest BCUT2D eigenvalue weighted by Crippen LogP contribution is 2.35. The number of hydrogen-bond donors (Lipinski definition) is 0. The van der Waals surface area contributed by atoms with Gasteiger partial charge in [0.15, 0.2) is 0 Å². The summed E-state index contributed by atoms with van der Waals surface area (Å²) in [7, 11) is 3.91. The van der Waals surface area contributed by atoms with Crippen molar-refractivity contribution in [2.75, 3.05) is 27.2 Å². The molecule has 1 fully saturated rings. The average Bonchev–Trinajstić information content (AvgIpc) is 3.16. The number of likely N-dealkylation sites (tertiary alicyclic amines) is 1. The third-order valence-corrected chi connectivity index (χ3v) is 6.73. The molecule has 164 valence electrons. The number of rotatable bonds is 5. The zero-order valence-corrected chi connectivity index (χ0v) is 19.3. The number of pyridine rings is 1. The lowest BCUT2D eigenvalue weighted by molar-refractivity contribution is 0.196. The molecule has 0 aliphatic carbocycles. The Bertz CT molecular complexity index is 1230. The molecular formula is C27H28ClN3O. The van der Waals surface area contributed by atoms with Crippen LogP contribution in [-0.4, -0.2) is 41.7 Å². The fourth-order valence-corrected chi connectivity index (χ4v) is 5.05. The van der Waals surface area contributed by atoms with E-state index in [4.69, 9.17) is 16.3 Å². The first kappa shape index (κ1) is 21.0. The Morgan fingerprint density at radius 1 is 1.03 bits per heavy atom. The van der Waals surface area contributed by atoms with Crippen molar-refractivity contribution in [1.29, 1.82) is 0 Å². The summed E-state index contributed by atoms with van der Waals surface area (Å²) in [6.45, 7) is 3.37. The molecule has 1 aliphatic rings. The zero-order valence-electron chi connectivity index (χ0n) is 18.6. The van der Waals surface area contributed by atoms with Gasteiger partial charge in [0.2, 0.25) is 0 Å². The summed E-state index contributed by atoms with van der Waals surface area (Å²) in [4.78, 5) is 7.01. The Kier molecular flexibility index (Phi) is 5.90. The molecule has 4 nitrogen and oxygen atoms in total. The molecule has 32 heavy (non-hydrogen) atoms. The van der Waals surface area contributed by atoms with Gasteiger partial charge in [-0.15, -0.1) is 0 Å². The van der Waals surface area contributed by atoms with E-state index in [1.54, 1.807) is 7.11 Å². The second-order valence-corrected chi connectivity index (χ2v) is 9.25. The van der Waals surface area contributed by atoms with Gasteiger partial charge < -0.3 is 14.2 Å². The van der Waals surface area contributed by atoms with Gasteiger partial charge in [-0.2, -0.15) is 0 Å². The Morgan fingerprint density at radius 3 is 2.62 bits per heavy atom. The minimum atomic E-state index is 0.664. The van der Waals surface area contributed by atoms with Crippen LogP contribution in [0.15, 0.2) is 67.1 Å². The minimum absolute atomic E-state index is 0.664. The molecule has 2 aromatic heterocycles. The lowest BCUT2D eigenvalue weighted by Gasteiger charge is -2.30. The van der Waals surface area contributed by atoms with Crippen LogP contribution in [0.4, 0.5) is 0 Å². The van der Waals surface area contributed by atoms with Gasteiger partial charge >= 0.3 is 0 Å². The van der Waals surface area contributed by atoms with E-state index >= 15 is 0 Å². The second-order valence-electron chi connectivity index (χ2n) is 8.82. The first-order chi connectivity index (χ1) is 15.6. The van der Waals surface area contributed by atoms with Crippen molar-refractivity contribution in [3.05, 3.63) is 72.1 Å². The summed E-state index contributed by atoms with van der Waals surface area (Å²) in [5.74, 6) is 1.51. The number of methoxy groups -OCH3 is 1. The van der Waals surface area contributed by atoms with Crippen LogP contribution >= 0.6 is 11.6 Å². The van der Waals surface area contributed by atoms with Gasteiger partial charge in [0.25, 0.3) is 0 Å². The van der Waals surface area contributed by atoms with Gasteiger partial charge in [-0.05, 0) is 74.3 Å². The minimum Gasteiger partial charge on any atom is -0.497 e. The first-order valence-electron chi connectivity index (χ1n) is 11.2. The van der Waals surface area contributed by atoms with E-state index in [2.05, 4.69) is 58.0 Å². The van der Waals surface area contributed by atoms with E-state index in [-0.39, 0.29) is 0 Å². The topological polar surface area (TPSA) is 30.3 Å². The Morgan fingerprint density at radius 2 is 1.84 bits per heavy atom. The molecule has 1 atom stereocenters. The number of ether oxygens (including phenoxy) is 1. The maximum Gasteiger partial charge on any atom is 0.118 e. The molecule has 1 unspecified atom stereocenters. The van der Waals surface area contributed by atoms with Crippen LogP contribution in [0, 0.1) is 5.92 Å². The molecule has 5 heteroatoms. The number of nitrogens with zero attached hydrogens (tertiary/aromatic N) is 3. The summed E-state index contributed by atoms with van der Waals surface area (Å²) in [6, 6.07) is 16.5. The van der Waals surface area contributed by atoms with Crippen LogP contribution in [0.1, 0.15) is 12.8 Å². The molecule has 2 aromatic carbocycles. The van der Waals surface area contributed by atoms with Crippen LogP contribution < -0.4 is 4.74 Å². The van der Waals surface area contributed by atoms with E-state index in [9.17, 15) is 0 Å². The van der Waals surface area contributed by atoms with E-state index in [1.165, 1.54) is 35.9 Å². The molecule has 4 aromatic rings. The number of piperidine rings is 1. The summed E-state index contributed by atoms with van der Waals surface area (Å²) >= 11 is 6.41. The first-order valence-corrected chi connectivity index (χ1v) is 11.6. The molecule has 5 rings (SSSR count). The highest BCUT2D eigenvalue weighted by atomic mass is 35.5. The average molecular weight is 446 g/mol. The van der Waals surface area contributed by atoms with Crippen molar-refractivity contribution in [3.63, 3.8) is 0 Å². The van der Waals surface area contributed by atoms with Crippen molar-refractivity contribution in [2.45, 2.75) is 19.4 Å². The van der Waals surface area contributed by atoms with Crippen LogP contribution in [0.5, 0.6) is 5.75 Å². The van der Waals surface area contributed by atoms with E-state index in [1.807, 2.05) is 30.6 Å². The highest BCUT2D eigenvalue weighted by molar-refractivity contribution is 6.31. The molecule has 1 aliphatic heterocycles. The normalized spacial score (nSPS) is 17.0. The maximum atomic E-state index is 6.41. The predicted octanol–water partition coefficient (Wildman–Crippen LogP) is 6.37. The summed E-state index contributed by atoms with van der Waals surface area (Å²) < 4.78 is 7.70. The largest absolute Gasteiger partial charge is 0.497 e. The van der Waals surface area contributed by atoms with Gasteiger partial charge in [-0.1, -0.05) is 23.7 Å². The van der Waals surface area contributed by atoms with Gasteiger partial charge in [-0.3, -0.25) is 4.98 Å². The third-order valence-electron chi connectivity index (χ3n) is 6.49. The standard InChI is InChI=1S/C27H28ClN3O/c1-30-11-3-4-19(16-30)17-31-18-26(25-13-23(28)7-10-27(25)31)22-12-21(14-29-15-22)20-5-8-24(32-2)9-6-20/h5-10,12-15,18-19H,3-4,11,16-17H2,1-2H3. The molecule has 0 spiro atoms. The number of aromatic nitrogens is 2. The van der Waals surface area contributed by atoms with Crippen molar-refractivity contribution in [1.82, 2.24) is 14.5 Å². The fraction of sp³-hybridized carbons (Fsp3) is 0.296. The third kappa shape index (κ3) is 4.25. The van der Waals surface area contributed by atoms with Gasteiger partial charge in [0.05, 0.1) is 7.11 Å². The van der Waals surface area contributed by atoms with Crippen LogP contribution in [0.25, 0.3) is 33.2 Å². The van der Waals surface area contributed by atoms with Crippen molar-refractivity contribution >= 4 is 22.5 Å². The summed E-state index contributed by atoms with van der Waals surface area (Å²) in [5.41, 5.74) is 5.71. The SMILES string of the molecule is COc1ccc(-c2cncc(-c3cn(CC4CCCN(C)C4)c4ccc(Cl)cc34)c2)cc1. The summed E-state index contributed by atoms with van der Waals surface area (Å²) in [5, 5.41) is 1.93. The zero-order chi connectivity index (χ0) is 22.1. The van der Waals surface area contributed by atoms with Crippen molar-refractivity contribution in [3.8, 4) is 28.0 Å². The van der Waals surface area contributed by atoms with Gasteiger partial charge in [-0.25, -0.2) is 0 Å². The molecule has 0 bridgehead atoms. The monoisotopic (exact) mass is 445 g/mol. The quantitative estimate of drug-likeness (QED) is 0.357. The number of fused-ring (bicyclic) bond motifs is 1. The maximum absolute atomic E-state index is 6.41. The predicted molar refractivity (Wildman–Crippen MR) is 132 cm³/mol. The molecule has 0 radical (unpaired) electrons. The number of halogens is 1. The van der Waals surface area contributed by atoms with Gasteiger partial charge in [0, 0.05) is 64.3 Å². The Hall–Kier alpha value is -2.82. The van der Waals surface area contributed by atoms with Crippen molar-refractivity contribution in [2.24, 2.45) is 5.92 Å². The van der Waals surface area contributed by atoms with Crippen LogP contribution in [0.3, 0.4) is 0 Å². The Labute approximate surface area is 194 Å². The van der Waals surface area contributed by atoms with Crippen LogP contribution in [-0.2, 0) is 6.54 Å². The highest BCUT2D eigenvalue weighted by Gasteiger charge is 2.20. The molecule has 1 saturated heterocycles. The molecule has 0 saturated carbocycles. The number of hydrogen-bond acceptors (Lipinski definition) is 3.